The highest BCUT2D eigenvalue weighted by molar-refractivity contribution is 7.99. The first-order valence-electron chi connectivity index (χ1n) is 10.7. The van der Waals surface area contributed by atoms with E-state index in [-0.39, 0.29) is 11.5 Å². The fourth-order valence-electron chi connectivity index (χ4n) is 3.99. The number of thioether (sulfide) groups is 1. The van der Waals surface area contributed by atoms with Gasteiger partial charge >= 0.3 is 0 Å². The summed E-state index contributed by atoms with van der Waals surface area (Å²) in [6, 6.07) is 18.0. The van der Waals surface area contributed by atoms with Crippen molar-refractivity contribution in [2.24, 2.45) is 0 Å². The third-order valence-corrected chi connectivity index (χ3v) is 6.75. The fraction of sp³-hybridized carbons (Fsp3) is 0.154. The Morgan fingerprint density at radius 2 is 1.76 bits per heavy atom. The van der Waals surface area contributed by atoms with Crippen LogP contribution in [0.25, 0.3) is 28.0 Å². The smallest absolute Gasteiger partial charge is 0.196 e. The number of aromatic amines is 1. The van der Waals surface area contributed by atoms with Crippen molar-refractivity contribution in [2.45, 2.75) is 25.9 Å². The van der Waals surface area contributed by atoms with Crippen molar-refractivity contribution in [3.05, 3.63) is 89.4 Å². The Labute approximate surface area is 196 Å². The van der Waals surface area contributed by atoms with Crippen LogP contribution in [0.5, 0.6) is 0 Å². The number of nitrogens with zero attached hydrogens (tertiary/aromatic N) is 4. The first kappa shape index (κ1) is 21.2. The number of rotatable bonds is 6. The molecule has 0 spiro atoms. The number of hydrogen-bond acceptors (Lipinski definition) is 5. The summed E-state index contributed by atoms with van der Waals surface area (Å²) in [4.78, 5) is 20.7. The van der Waals surface area contributed by atoms with Gasteiger partial charge in [0.1, 0.15) is 0 Å². The van der Waals surface area contributed by atoms with Crippen LogP contribution < -0.4 is 0 Å². The molecule has 3 heterocycles. The molecule has 2 aromatic carbocycles. The first-order valence-corrected chi connectivity index (χ1v) is 11.7. The molecule has 0 fully saturated rings. The van der Waals surface area contributed by atoms with Gasteiger partial charge in [-0.2, -0.15) is 0 Å². The lowest BCUT2D eigenvalue weighted by Gasteiger charge is -2.12. The number of nitrogens with one attached hydrogen (secondary N) is 1. The number of fused-ring (bicyclic) bond motifs is 1. The summed E-state index contributed by atoms with van der Waals surface area (Å²) >= 11 is 1.40. The van der Waals surface area contributed by atoms with Gasteiger partial charge in [-0.25, -0.2) is 0 Å². The highest BCUT2D eigenvalue weighted by Crippen LogP contribution is 2.30. The van der Waals surface area contributed by atoms with Gasteiger partial charge in [-0.3, -0.25) is 14.3 Å². The molecule has 5 aromatic rings. The van der Waals surface area contributed by atoms with Crippen LogP contribution in [0.4, 0.5) is 0 Å². The number of ketones is 1. The lowest BCUT2D eigenvalue weighted by atomic mass is 10.1. The maximum Gasteiger partial charge on any atom is 0.196 e. The summed E-state index contributed by atoms with van der Waals surface area (Å²) in [6.07, 6.45) is 3.48. The van der Waals surface area contributed by atoms with Gasteiger partial charge in [-0.15, -0.1) is 10.2 Å². The molecule has 5 rings (SSSR count). The number of benzene rings is 2. The second kappa shape index (κ2) is 8.67. The molecule has 7 heteroatoms. The normalized spacial score (nSPS) is 11.2. The molecule has 0 aliphatic rings. The van der Waals surface area contributed by atoms with Crippen molar-refractivity contribution >= 4 is 28.4 Å². The second-order valence-electron chi connectivity index (χ2n) is 8.03. The lowest BCUT2D eigenvalue weighted by molar-refractivity contribution is 0.102. The van der Waals surface area contributed by atoms with Gasteiger partial charge in [0, 0.05) is 40.1 Å². The van der Waals surface area contributed by atoms with E-state index < -0.39 is 0 Å². The summed E-state index contributed by atoms with van der Waals surface area (Å²) in [5.41, 5.74) is 6.88. The molecule has 0 aliphatic carbocycles. The predicted molar refractivity (Wildman–Crippen MR) is 132 cm³/mol. The van der Waals surface area contributed by atoms with E-state index in [0.29, 0.717) is 5.16 Å². The predicted octanol–water partition coefficient (Wildman–Crippen LogP) is 5.71. The molecule has 0 amide bonds. The van der Waals surface area contributed by atoms with Crippen molar-refractivity contribution in [3.8, 4) is 17.1 Å². The van der Waals surface area contributed by atoms with Crippen LogP contribution >= 0.6 is 11.8 Å². The van der Waals surface area contributed by atoms with E-state index in [0.717, 1.165) is 39.2 Å². The van der Waals surface area contributed by atoms with E-state index in [1.54, 1.807) is 12.4 Å². The molecule has 33 heavy (non-hydrogen) atoms. The Kier molecular flexibility index (Phi) is 5.56. The average Bonchev–Trinajstić information content (AvgIpc) is 3.40. The molecule has 0 unspecified atom stereocenters. The van der Waals surface area contributed by atoms with Crippen LogP contribution in [0.15, 0.2) is 72.1 Å². The van der Waals surface area contributed by atoms with Crippen molar-refractivity contribution in [2.75, 3.05) is 5.75 Å². The summed E-state index contributed by atoms with van der Waals surface area (Å²) in [5, 5.41) is 10.6. The minimum Gasteiger partial charge on any atom is -0.358 e. The van der Waals surface area contributed by atoms with Crippen LogP contribution in [-0.4, -0.2) is 36.3 Å². The molecular weight excluding hydrogens is 430 g/mol. The number of hydrogen-bond donors (Lipinski definition) is 1. The molecule has 164 valence electrons. The summed E-state index contributed by atoms with van der Waals surface area (Å²) in [6.45, 7) is 6.12. The minimum absolute atomic E-state index is 0.0649. The fourth-order valence-corrected chi connectivity index (χ4v) is 4.81. The summed E-state index contributed by atoms with van der Waals surface area (Å²) in [5.74, 6) is 1.05. The number of carbonyl (C=O) groups excluding carboxylic acids is 1. The highest BCUT2D eigenvalue weighted by atomic mass is 32.2. The van der Waals surface area contributed by atoms with Crippen LogP contribution in [-0.2, 0) is 0 Å². The third kappa shape index (κ3) is 3.96. The van der Waals surface area contributed by atoms with E-state index >= 15 is 0 Å². The standard InChI is InChI=1S/C26H23N5OS/c1-16-8-9-20(14-17(16)2)31-25(19-10-12-27-13-11-19)29-30-26(31)33-15-23(32)24-18(3)28-22-7-5-4-6-21(22)24/h4-14,28H,15H2,1-3H3. The zero-order chi connectivity index (χ0) is 22.9. The molecule has 1 N–H and O–H groups in total. The monoisotopic (exact) mass is 453 g/mol. The van der Waals surface area contributed by atoms with Crippen molar-refractivity contribution in [1.82, 2.24) is 24.7 Å². The molecule has 0 radical (unpaired) electrons. The van der Waals surface area contributed by atoms with Crippen LogP contribution in [0.1, 0.15) is 27.2 Å². The van der Waals surface area contributed by atoms with Crippen molar-refractivity contribution in [1.29, 1.82) is 0 Å². The highest BCUT2D eigenvalue weighted by Gasteiger charge is 2.20. The van der Waals surface area contributed by atoms with Crippen LogP contribution in [0, 0.1) is 20.8 Å². The second-order valence-corrected chi connectivity index (χ2v) is 8.97. The van der Waals surface area contributed by atoms with Gasteiger partial charge in [0.15, 0.2) is 16.8 Å². The zero-order valence-electron chi connectivity index (χ0n) is 18.7. The van der Waals surface area contributed by atoms with Gasteiger partial charge in [-0.05, 0) is 62.2 Å². The number of pyridine rings is 1. The Morgan fingerprint density at radius 1 is 0.970 bits per heavy atom. The molecule has 0 saturated heterocycles. The Balaban J connectivity index is 1.52. The zero-order valence-corrected chi connectivity index (χ0v) is 19.5. The topological polar surface area (TPSA) is 76.5 Å². The molecule has 0 aliphatic heterocycles. The van der Waals surface area contributed by atoms with E-state index in [9.17, 15) is 4.79 Å². The Morgan fingerprint density at radius 3 is 2.55 bits per heavy atom. The molecule has 0 saturated carbocycles. The molecule has 6 nitrogen and oxygen atoms in total. The number of H-pyrrole nitrogens is 1. The van der Waals surface area contributed by atoms with E-state index in [1.165, 1.54) is 22.9 Å². The quantitative estimate of drug-likeness (QED) is 0.263. The largest absolute Gasteiger partial charge is 0.358 e. The first-order chi connectivity index (χ1) is 16.0. The number of aryl methyl sites for hydroxylation is 3. The van der Waals surface area contributed by atoms with E-state index in [4.69, 9.17) is 0 Å². The lowest BCUT2D eigenvalue weighted by Crippen LogP contribution is -2.06. The summed E-state index contributed by atoms with van der Waals surface area (Å²) < 4.78 is 2.02. The maximum absolute atomic E-state index is 13.2. The number of aromatic nitrogens is 5. The molecule has 0 atom stereocenters. The Hall–Kier alpha value is -3.71. The van der Waals surface area contributed by atoms with Crippen molar-refractivity contribution in [3.63, 3.8) is 0 Å². The van der Waals surface area contributed by atoms with Crippen LogP contribution in [0.3, 0.4) is 0 Å². The van der Waals surface area contributed by atoms with E-state index in [2.05, 4.69) is 52.2 Å². The third-order valence-electron chi connectivity index (χ3n) is 5.83. The van der Waals surface area contributed by atoms with Gasteiger partial charge < -0.3 is 4.98 Å². The van der Waals surface area contributed by atoms with Crippen molar-refractivity contribution < 1.29 is 4.79 Å². The van der Waals surface area contributed by atoms with Gasteiger partial charge in [0.2, 0.25) is 0 Å². The van der Waals surface area contributed by atoms with E-state index in [1.807, 2.05) is 47.9 Å². The Bertz CT molecular complexity index is 1470. The molecule has 0 bridgehead atoms. The van der Waals surface area contributed by atoms with Gasteiger partial charge in [0.05, 0.1) is 11.4 Å². The molecular formula is C26H23N5OS. The van der Waals surface area contributed by atoms with Gasteiger partial charge in [-0.1, -0.05) is 36.0 Å². The maximum atomic E-state index is 13.2. The number of carbonyl (C=O) groups is 1. The number of Topliss-reactive ketones (excluding diaryl/α,β-unsaturated/α-hetero) is 1. The van der Waals surface area contributed by atoms with Crippen LogP contribution in [0.2, 0.25) is 0 Å². The number of para-hydroxylation sites is 1. The average molecular weight is 454 g/mol. The molecule has 3 aromatic heterocycles. The minimum atomic E-state index is 0.0649. The SMILES string of the molecule is Cc1ccc(-n2c(SCC(=O)c3c(C)[nH]c4ccccc34)nnc2-c2ccncc2)cc1C. The van der Waals surface area contributed by atoms with Gasteiger partial charge in [0.25, 0.3) is 0 Å². The summed E-state index contributed by atoms with van der Waals surface area (Å²) in [7, 11) is 0.